The average molecular weight is 460 g/mol. The van der Waals surface area contributed by atoms with Crippen molar-refractivity contribution in [3.8, 4) is 0 Å². The number of nitrogens with zero attached hydrogens (tertiary/aromatic N) is 3. The van der Waals surface area contributed by atoms with Crippen molar-refractivity contribution < 1.29 is 14.5 Å². The molecule has 2 aromatic rings. The molecule has 2 aliphatic rings. The van der Waals surface area contributed by atoms with Gasteiger partial charge in [0, 0.05) is 18.3 Å². The van der Waals surface area contributed by atoms with Crippen LogP contribution >= 0.6 is 0 Å². The van der Waals surface area contributed by atoms with E-state index in [0.29, 0.717) is 12.2 Å². The number of carbonyl (C=O) groups excluding carboxylic acids is 1. The van der Waals surface area contributed by atoms with Gasteiger partial charge in [0.2, 0.25) is 0 Å². The zero-order valence-electron chi connectivity index (χ0n) is 19.3. The van der Waals surface area contributed by atoms with Gasteiger partial charge in [-0.3, -0.25) is 4.68 Å². The van der Waals surface area contributed by atoms with Gasteiger partial charge in [0.1, 0.15) is 17.0 Å². The predicted octanol–water partition coefficient (Wildman–Crippen LogP) is 2.49. The van der Waals surface area contributed by atoms with E-state index < -0.39 is 23.0 Å². The van der Waals surface area contributed by atoms with Crippen LogP contribution in [0.15, 0.2) is 17.2 Å². The van der Waals surface area contributed by atoms with Crippen LogP contribution in [0.2, 0.25) is 0 Å². The van der Waals surface area contributed by atoms with E-state index in [-0.39, 0.29) is 5.03 Å². The third-order valence-corrected chi connectivity index (χ3v) is 7.18. The molecule has 1 aromatic heterocycles. The number of likely N-dealkylation sites (N-methyl/N-ethyl adjacent to an activating group) is 1. The first-order chi connectivity index (χ1) is 15.1. The van der Waals surface area contributed by atoms with E-state index in [1.165, 1.54) is 22.3 Å². The molecule has 3 N–H and O–H groups in total. The smallest absolute Gasteiger partial charge is 0.361 e. The van der Waals surface area contributed by atoms with Gasteiger partial charge in [-0.2, -0.15) is 0 Å². The summed E-state index contributed by atoms with van der Waals surface area (Å²) in [7, 11) is 3.91. The summed E-state index contributed by atoms with van der Waals surface area (Å²) in [5.74, 6) is 0. The highest BCUT2D eigenvalue weighted by Crippen LogP contribution is 2.38. The third kappa shape index (κ3) is 4.80. The van der Waals surface area contributed by atoms with E-state index in [2.05, 4.69) is 21.2 Å². The van der Waals surface area contributed by atoms with Crippen LogP contribution in [-0.2, 0) is 49.2 Å². The summed E-state index contributed by atoms with van der Waals surface area (Å²) in [5.41, 5.74) is 5.44. The second-order valence-electron chi connectivity index (χ2n) is 9.51. The molecule has 32 heavy (non-hydrogen) atoms. The lowest BCUT2D eigenvalue weighted by molar-refractivity contribution is 0.0678. The predicted molar refractivity (Wildman–Crippen MR) is 125 cm³/mol. The molecule has 1 atom stereocenters. The minimum atomic E-state index is -1.84. The van der Waals surface area contributed by atoms with E-state index in [1.807, 2.05) is 19.0 Å². The highest BCUT2D eigenvalue weighted by Gasteiger charge is 2.30. The molecule has 0 spiro atoms. The van der Waals surface area contributed by atoms with Gasteiger partial charge in [-0.1, -0.05) is 6.07 Å². The van der Waals surface area contributed by atoms with Crippen LogP contribution in [0.1, 0.15) is 54.6 Å². The number of urea groups is 1. The van der Waals surface area contributed by atoms with E-state index in [9.17, 15) is 14.5 Å². The zero-order chi connectivity index (χ0) is 23.0. The van der Waals surface area contributed by atoms with Crippen molar-refractivity contribution in [1.29, 1.82) is 0 Å². The molecule has 174 valence electrons. The van der Waals surface area contributed by atoms with Crippen molar-refractivity contribution in [3.63, 3.8) is 0 Å². The Hall–Kier alpha value is -2.07. The van der Waals surface area contributed by atoms with Crippen LogP contribution in [0.5, 0.6) is 0 Å². The Morgan fingerprint density at radius 1 is 1.19 bits per heavy atom. The largest absolute Gasteiger partial charge is 0.586 e. The normalized spacial score (nSPS) is 16.2. The fraction of sp³-hybridized carbons (Fsp3) is 0.565. The molecule has 2 amide bonds. The molecule has 0 saturated heterocycles. The summed E-state index contributed by atoms with van der Waals surface area (Å²) in [5, 5.41) is 18.1. The fourth-order valence-electron chi connectivity index (χ4n) is 4.68. The summed E-state index contributed by atoms with van der Waals surface area (Å²) in [4.78, 5) is 14.8. The Morgan fingerprint density at radius 2 is 1.81 bits per heavy atom. The standard InChI is InChI=1S/C23H33N5O3S/c1-23(2,30)19-14-20(25-28(19)12-11-27(3)4)32(31)26-22(29)24-21-17-9-5-7-15(17)13-16-8-6-10-18(16)21/h13-14,30H,5-12H2,1-4H3,(H2,24,26,29). The maximum absolute atomic E-state index is 12.9. The van der Waals surface area contributed by atoms with Crippen molar-refractivity contribution in [2.24, 2.45) is 0 Å². The molecule has 0 aliphatic heterocycles. The Morgan fingerprint density at radius 3 is 2.38 bits per heavy atom. The number of rotatable bonds is 7. The van der Waals surface area contributed by atoms with Gasteiger partial charge < -0.3 is 19.9 Å². The molecule has 9 heteroatoms. The number of nitrogens with one attached hydrogen (secondary N) is 2. The monoisotopic (exact) mass is 459 g/mol. The minimum Gasteiger partial charge on any atom is -0.586 e. The van der Waals surface area contributed by atoms with E-state index in [4.69, 9.17) is 0 Å². The number of benzene rings is 1. The average Bonchev–Trinajstić information content (AvgIpc) is 3.44. The van der Waals surface area contributed by atoms with Crippen LogP contribution in [0.25, 0.3) is 0 Å². The highest BCUT2D eigenvalue weighted by molar-refractivity contribution is 7.90. The van der Waals surface area contributed by atoms with Crippen LogP contribution in [0.3, 0.4) is 0 Å². The van der Waals surface area contributed by atoms with Gasteiger partial charge in [-0.05, 0) is 88.7 Å². The van der Waals surface area contributed by atoms with Crippen LogP contribution in [0.4, 0.5) is 10.5 Å². The van der Waals surface area contributed by atoms with Gasteiger partial charge in [-0.25, -0.2) is 4.79 Å². The lowest BCUT2D eigenvalue weighted by Gasteiger charge is -2.19. The van der Waals surface area contributed by atoms with Crippen molar-refractivity contribution >= 4 is 23.1 Å². The molecular formula is C23H33N5O3S. The van der Waals surface area contributed by atoms with Crippen molar-refractivity contribution in [2.45, 2.75) is 69.5 Å². The fourth-order valence-corrected chi connectivity index (χ4v) is 5.40. The van der Waals surface area contributed by atoms with E-state index in [1.54, 1.807) is 24.6 Å². The topological polar surface area (TPSA) is 105 Å². The lowest BCUT2D eigenvalue weighted by atomic mass is 9.99. The number of hydrogen-bond acceptors (Lipinski definition) is 5. The molecule has 1 unspecified atom stereocenters. The number of carbonyl (C=O) groups is 1. The van der Waals surface area contributed by atoms with Gasteiger partial charge in [0.15, 0.2) is 0 Å². The summed E-state index contributed by atoms with van der Waals surface area (Å²) in [6.07, 6.45) is 6.23. The molecular weight excluding hydrogens is 426 g/mol. The number of aliphatic hydroxyl groups is 1. The first-order valence-electron chi connectivity index (χ1n) is 11.2. The van der Waals surface area contributed by atoms with Gasteiger partial charge >= 0.3 is 6.03 Å². The van der Waals surface area contributed by atoms with Crippen LogP contribution < -0.4 is 10.0 Å². The number of aromatic nitrogens is 2. The number of anilines is 1. The molecule has 0 radical (unpaired) electrons. The molecule has 0 fully saturated rings. The second kappa shape index (κ2) is 9.05. The SMILES string of the molecule is CN(C)CCn1nc([S+]([O-])NC(=O)Nc2c3c(cc4c2CCC4)CCC3)cc1C(C)(C)O. The zero-order valence-corrected chi connectivity index (χ0v) is 20.1. The molecule has 8 nitrogen and oxygen atoms in total. The van der Waals surface area contributed by atoms with Gasteiger partial charge in [0.25, 0.3) is 5.03 Å². The summed E-state index contributed by atoms with van der Waals surface area (Å²) >= 11 is -1.84. The molecule has 1 heterocycles. The van der Waals surface area contributed by atoms with Crippen molar-refractivity contribution in [2.75, 3.05) is 26.0 Å². The number of amides is 2. The van der Waals surface area contributed by atoms with E-state index >= 15 is 0 Å². The Balaban J connectivity index is 1.50. The minimum absolute atomic E-state index is 0.222. The van der Waals surface area contributed by atoms with Crippen molar-refractivity contribution in [3.05, 3.63) is 40.1 Å². The first kappa shape index (κ1) is 23.1. The summed E-state index contributed by atoms with van der Waals surface area (Å²) < 4.78 is 17.1. The molecule has 1 aromatic carbocycles. The highest BCUT2D eigenvalue weighted by atomic mass is 32.2. The Kier molecular flexibility index (Phi) is 6.53. The summed E-state index contributed by atoms with van der Waals surface area (Å²) in [6.45, 7) is 4.59. The maximum Gasteiger partial charge on any atom is 0.361 e. The van der Waals surface area contributed by atoms with Gasteiger partial charge in [-0.15, -0.1) is 9.82 Å². The summed E-state index contributed by atoms with van der Waals surface area (Å²) in [6, 6.07) is 3.42. The van der Waals surface area contributed by atoms with Crippen molar-refractivity contribution in [1.82, 2.24) is 19.4 Å². The maximum atomic E-state index is 12.9. The van der Waals surface area contributed by atoms with Crippen LogP contribution in [-0.4, -0.2) is 51.0 Å². The first-order valence-corrected chi connectivity index (χ1v) is 12.4. The second-order valence-corrected chi connectivity index (χ2v) is 10.7. The Labute approximate surface area is 192 Å². The number of hydrogen-bond donors (Lipinski definition) is 3. The Bertz CT molecular complexity index is 980. The quantitative estimate of drug-likeness (QED) is 0.552. The molecule has 0 saturated carbocycles. The number of fused-ring (bicyclic) bond motifs is 2. The third-order valence-electron chi connectivity index (χ3n) is 6.23. The molecule has 4 rings (SSSR count). The molecule has 2 aliphatic carbocycles. The molecule has 0 bridgehead atoms. The van der Waals surface area contributed by atoms with Gasteiger partial charge in [0.05, 0.1) is 12.2 Å². The number of aryl methyl sites for hydroxylation is 2. The lowest BCUT2D eigenvalue weighted by Crippen LogP contribution is -2.35. The van der Waals surface area contributed by atoms with E-state index in [0.717, 1.165) is 50.8 Å². The van der Waals surface area contributed by atoms with Crippen LogP contribution in [0, 0.1) is 0 Å².